The van der Waals surface area contributed by atoms with Gasteiger partial charge in [-0.1, -0.05) is 47.7 Å². The highest BCUT2D eigenvalue weighted by molar-refractivity contribution is 7.99. The number of allylic oxidation sites excluding steroid dienone is 1. The molecular formula is C29H30N4O2S. The Morgan fingerprint density at radius 3 is 2.56 bits per heavy atom. The summed E-state index contributed by atoms with van der Waals surface area (Å²) in [5, 5.41) is 9.72. The minimum atomic E-state index is -0.0279. The highest BCUT2D eigenvalue weighted by atomic mass is 32.2. The van der Waals surface area contributed by atoms with E-state index in [9.17, 15) is 4.79 Å². The molecule has 184 valence electrons. The molecule has 0 atom stereocenters. The molecule has 0 unspecified atom stereocenters. The van der Waals surface area contributed by atoms with E-state index in [1.54, 1.807) is 42.4 Å². The molecule has 4 rings (SSSR count). The number of aryl methyl sites for hydroxylation is 1. The third-order valence-electron chi connectivity index (χ3n) is 5.52. The normalized spacial score (nSPS) is 11.3. The molecule has 2 heterocycles. The smallest absolute Gasteiger partial charge is 0.191 e. The summed E-state index contributed by atoms with van der Waals surface area (Å²) in [6.45, 7) is 6.89. The number of thioether (sulfide) groups is 1. The summed E-state index contributed by atoms with van der Waals surface area (Å²) in [4.78, 5) is 16.6. The number of hydrogen-bond acceptors (Lipinski definition) is 6. The van der Waals surface area contributed by atoms with E-state index in [0.29, 0.717) is 12.2 Å². The number of carbonyl (C=O) groups excluding carboxylic acids is 1. The summed E-state index contributed by atoms with van der Waals surface area (Å²) in [5.74, 6) is 2.44. The van der Waals surface area contributed by atoms with Gasteiger partial charge in [-0.25, -0.2) is 0 Å². The van der Waals surface area contributed by atoms with Gasteiger partial charge in [-0.15, -0.1) is 10.2 Å². The molecule has 36 heavy (non-hydrogen) atoms. The number of benzene rings is 2. The summed E-state index contributed by atoms with van der Waals surface area (Å²) < 4.78 is 8.04. The maximum Gasteiger partial charge on any atom is 0.191 e. The van der Waals surface area contributed by atoms with Crippen molar-refractivity contribution >= 4 is 23.6 Å². The Labute approximate surface area is 216 Å². The number of carbonyl (C=O) groups is 1. The predicted octanol–water partition coefficient (Wildman–Crippen LogP) is 6.69. The largest absolute Gasteiger partial charge is 0.494 e. The number of hydrogen-bond donors (Lipinski definition) is 0. The van der Waals surface area contributed by atoms with Crippen LogP contribution in [0, 0.1) is 6.92 Å². The first kappa shape index (κ1) is 25.4. The summed E-state index contributed by atoms with van der Waals surface area (Å²) in [5.41, 5.74) is 3.83. The van der Waals surface area contributed by atoms with Crippen LogP contribution in [-0.2, 0) is 0 Å². The number of ketones is 1. The summed E-state index contributed by atoms with van der Waals surface area (Å²) >= 11 is 1.68. The van der Waals surface area contributed by atoms with Crippen molar-refractivity contribution in [1.29, 1.82) is 0 Å². The quantitative estimate of drug-likeness (QED) is 0.0993. The van der Waals surface area contributed by atoms with E-state index in [-0.39, 0.29) is 11.8 Å². The van der Waals surface area contributed by atoms with Gasteiger partial charge < -0.3 is 4.74 Å². The van der Waals surface area contributed by atoms with Crippen LogP contribution in [0.3, 0.4) is 0 Å². The van der Waals surface area contributed by atoms with E-state index in [2.05, 4.69) is 33.6 Å². The lowest BCUT2D eigenvalue weighted by molar-refractivity contribution is 0.104. The molecule has 0 spiro atoms. The molecule has 7 heteroatoms. The molecule has 0 fully saturated rings. The Morgan fingerprint density at radius 2 is 1.83 bits per heavy atom. The molecule has 2 aromatic carbocycles. The first-order valence-electron chi connectivity index (χ1n) is 12.0. The maximum absolute atomic E-state index is 12.5. The average molecular weight is 499 g/mol. The predicted molar refractivity (Wildman–Crippen MR) is 145 cm³/mol. The van der Waals surface area contributed by atoms with Crippen molar-refractivity contribution in [3.8, 4) is 17.1 Å². The molecule has 0 saturated carbocycles. The van der Waals surface area contributed by atoms with Gasteiger partial charge >= 0.3 is 0 Å². The van der Waals surface area contributed by atoms with Crippen molar-refractivity contribution < 1.29 is 9.53 Å². The molecule has 0 aliphatic heterocycles. The zero-order valence-corrected chi connectivity index (χ0v) is 21.6. The summed E-state index contributed by atoms with van der Waals surface area (Å²) in [6, 6.07) is 19.5. The van der Waals surface area contributed by atoms with Gasteiger partial charge in [0.05, 0.1) is 6.61 Å². The minimum Gasteiger partial charge on any atom is -0.494 e. The average Bonchev–Trinajstić information content (AvgIpc) is 3.32. The fourth-order valence-corrected chi connectivity index (χ4v) is 4.69. The third kappa shape index (κ3) is 6.70. The van der Waals surface area contributed by atoms with Crippen LogP contribution in [-0.4, -0.2) is 37.9 Å². The second kappa shape index (κ2) is 12.3. The molecule has 0 amide bonds. The highest BCUT2D eigenvalue weighted by Crippen LogP contribution is 2.27. The first-order chi connectivity index (χ1) is 17.5. The van der Waals surface area contributed by atoms with E-state index in [4.69, 9.17) is 4.74 Å². The lowest BCUT2D eigenvalue weighted by atomic mass is 10.1. The number of pyridine rings is 1. The van der Waals surface area contributed by atoms with Crippen molar-refractivity contribution in [2.24, 2.45) is 0 Å². The van der Waals surface area contributed by atoms with Crippen LogP contribution >= 0.6 is 11.8 Å². The van der Waals surface area contributed by atoms with Gasteiger partial charge in [-0.2, -0.15) is 0 Å². The van der Waals surface area contributed by atoms with E-state index in [1.807, 2.05) is 61.5 Å². The van der Waals surface area contributed by atoms with Gasteiger partial charge in [-0.05, 0) is 75.2 Å². The molecule has 4 aromatic rings. The SMILES string of the molecule is Cc1cccc(/C=C/C(=O)c2ccc(OCCCSc3nnc(-c4ccncc4)n3C(C)C)cc2)c1. The Balaban J connectivity index is 1.25. The van der Waals surface area contributed by atoms with Crippen LogP contribution in [0.25, 0.3) is 17.5 Å². The highest BCUT2D eigenvalue weighted by Gasteiger charge is 2.16. The molecule has 0 aliphatic rings. The Morgan fingerprint density at radius 1 is 1.06 bits per heavy atom. The van der Waals surface area contributed by atoms with Gasteiger partial charge in [-0.3, -0.25) is 14.3 Å². The fourth-order valence-electron chi connectivity index (χ4n) is 3.71. The summed E-state index contributed by atoms with van der Waals surface area (Å²) in [7, 11) is 0. The molecule has 0 radical (unpaired) electrons. The van der Waals surface area contributed by atoms with Crippen LogP contribution in [0.1, 0.15) is 47.8 Å². The number of rotatable bonds is 11. The topological polar surface area (TPSA) is 69.9 Å². The van der Waals surface area contributed by atoms with Gasteiger partial charge in [0.2, 0.25) is 0 Å². The van der Waals surface area contributed by atoms with Crippen molar-refractivity contribution in [2.45, 2.75) is 38.4 Å². The Bertz CT molecular complexity index is 1310. The van der Waals surface area contributed by atoms with Crippen molar-refractivity contribution in [3.05, 3.63) is 95.8 Å². The molecule has 0 saturated heterocycles. The van der Waals surface area contributed by atoms with Crippen LogP contribution < -0.4 is 4.74 Å². The molecule has 6 nitrogen and oxygen atoms in total. The number of aromatic nitrogens is 4. The van der Waals surface area contributed by atoms with Crippen molar-refractivity contribution in [2.75, 3.05) is 12.4 Å². The maximum atomic E-state index is 12.5. The molecule has 0 aliphatic carbocycles. The Kier molecular flexibility index (Phi) is 8.68. The molecular weight excluding hydrogens is 468 g/mol. The first-order valence-corrected chi connectivity index (χ1v) is 13.0. The molecule has 2 aromatic heterocycles. The van der Waals surface area contributed by atoms with Crippen LogP contribution in [0.4, 0.5) is 0 Å². The third-order valence-corrected chi connectivity index (χ3v) is 6.55. The zero-order valence-electron chi connectivity index (χ0n) is 20.8. The lowest BCUT2D eigenvalue weighted by Crippen LogP contribution is -2.06. The van der Waals surface area contributed by atoms with Gasteiger partial charge in [0.25, 0.3) is 0 Å². The van der Waals surface area contributed by atoms with E-state index in [1.165, 1.54) is 5.56 Å². The standard InChI is InChI=1S/C29H30N4O2S/c1-21(2)33-28(25-14-16-30-17-15-25)31-32-29(33)36-19-5-18-35-26-11-9-24(10-12-26)27(34)13-8-23-7-4-6-22(3)20-23/h4,6-17,20-21H,5,18-19H2,1-3H3/b13-8+. The van der Waals surface area contributed by atoms with Gasteiger partial charge in [0.15, 0.2) is 16.8 Å². The fraction of sp³-hybridized carbons (Fsp3) is 0.241. The second-order valence-corrected chi connectivity index (χ2v) is 9.75. The summed E-state index contributed by atoms with van der Waals surface area (Å²) in [6.07, 6.45) is 7.85. The molecule has 0 bridgehead atoms. The number of ether oxygens (including phenoxy) is 1. The lowest BCUT2D eigenvalue weighted by Gasteiger charge is -2.13. The second-order valence-electron chi connectivity index (χ2n) is 8.69. The van der Waals surface area contributed by atoms with Crippen LogP contribution in [0.15, 0.2) is 84.3 Å². The van der Waals surface area contributed by atoms with Crippen LogP contribution in [0.2, 0.25) is 0 Å². The number of nitrogens with zero attached hydrogens (tertiary/aromatic N) is 4. The van der Waals surface area contributed by atoms with Crippen molar-refractivity contribution in [1.82, 2.24) is 19.7 Å². The zero-order chi connectivity index (χ0) is 25.3. The van der Waals surface area contributed by atoms with E-state index < -0.39 is 0 Å². The van der Waals surface area contributed by atoms with E-state index in [0.717, 1.165) is 40.0 Å². The van der Waals surface area contributed by atoms with Crippen molar-refractivity contribution in [3.63, 3.8) is 0 Å². The monoisotopic (exact) mass is 498 g/mol. The van der Waals surface area contributed by atoms with Crippen LogP contribution in [0.5, 0.6) is 5.75 Å². The van der Waals surface area contributed by atoms with E-state index >= 15 is 0 Å². The molecule has 0 N–H and O–H groups in total. The van der Waals surface area contributed by atoms with Gasteiger partial charge in [0, 0.05) is 35.3 Å². The van der Waals surface area contributed by atoms with Gasteiger partial charge in [0.1, 0.15) is 5.75 Å². The Hall–Kier alpha value is -3.71. The minimum absolute atomic E-state index is 0.0279.